The number of para-hydroxylation sites is 1. The lowest BCUT2D eigenvalue weighted by Crippen LogP contribution is -2.44. The molecule has 7 heteroatoms. The zero-order chi connectivity index (χ0) is 19.4. The van der Waals surface area contributed by atoms with Gasteiger partial charge >= 0.3 is 0 Å². The van der Waals surface area contributed by atoms with Crippen LogP contribution in [0.1, 0.15) is 23.8 Å². The first-order valence-electron chi connectivity index (χ1n) is 8.49. The van der Waals surface area contributed by atoms with E-state index in [1.165, 1.54) is 0 Å². The predicted molar refractivity (Wildman–Crippen MR) is 104 cm³/mol. The second-order valence-electron chi connectivity index (χ2n) is 6.34. The van der Waals surface area contributed by atoms with Crippen molar-refractivity contribution in [2.45, 2.75) is 24.9 Å². The summed E-state index contributed by atoms with van der Waals surface area (Å²) in [6, 6.07) is 14.9. The van der Waals surface area contributed by atoms with Gasteiger partial charge in [0.1, 0.15) is 11.3 Å². The summed E-state index contributed by atoms with van der Waals surface area (Å²) in [5.74, 6) is -0.297. The molecule has 0 aliphatic rings. The third-order valence-corrected chi connectivity index (χ3v) is 4.48. The Morgan fingerprint density at radius 1 is 1.11 bits per heavy atom. The van der Waals surface area contributed by atoms with Crippen LogP contribution in [0.2, 0.25) is 5.02 Å². The van der Waals surface area contributed by atoms with Crippen molar-refractivity contribution in [3.63, 3.8) is 0 Å². The first-order valence-corrected chi connectivity index (χ1v) is 8.87. The number of hydrogen-bond acceptors (Lipinski definition) is 4. The minimum atomic E-state index is -0.826. The van der Waals surface area contributed by atoms with Crippen molar-refractivity contribution >= 4 is 34.4 Å². The van der Waals surface area contributed by atoms with Crippen LogP contribution >= 0.6 is 11.6 Å². The van der Waals surface area contributed by atoms with Crippen molar-refractivity contribution in [3.8, 4) is 0 Å². The van der Waals surface area contributed by atoms with Crippen LogP contribution in [0.5, 0.6) is 0 Å². The molecule has 3 aromatic rings. The Kier molecular flexibility index (Phi) is 5.78. The zero-order valence-electron chi connectivity index (χ0n) is 14.5. The number of amides is 2. The molecular formula is C20H20ClN3O3. The van der Waals surface area contributed by atoms with Crippen LogP contribution in [-0.4, -0.2) is 17.9 Å². The number of primary amides is 1. The van der Waals surface area contributed by atoms with Gasteiger partial charge < -0.3 is 21.2 Å². The summed E-state index contributed by atoms with van der Waals surface area (Å²) in [5, 5.41) is 4.30. The molecule has 0 spiro atoms. The minimum absolute atomic E-state index is 0.0370. The molecule has 5 N–H and O–H groups in total. The third-order valence-electron chi connectivity index (χ3n) is 4.23. The smallest absolute Gasteiger partial charge is 0.237 e. The van der Waals surface area contributed by atoms with Gasteiger partial charge in [0, 0.05) is 16.8 Å². The molecule has 0 saturated heterocycles. The third kappa shape index (κ3) is 4.87. The van der Waals surface area contributed by atoms with Gasteiger partial charge in [-0.25, -0.2) is 0 Å². The predicted octanol–water partition coefficient (Wildman–Crippen LogP) is 2.69. The molecule has 6 nitrogen and oxygen atoms in total. The average Bonchev–Trinajstić information content (AvgIpc) is 3.03. The number of nitrogens with two attached hydrogens (primary N) is 2. The normalized spacial score (nSPS) is 13.3. The van der Waals surface area contributed by atoms with Gasteiger partial charge in [0.15, 0.2) is 0 Å². The van der Waals surface area contributed by atoms with Crippen molar-refractivity contribution in [2.75, 3.05) is 0 Å². The highest BCUT2D eigenvalue weighted by Crippen LogP contribution is 2.21. The Balaban J connectivity index is 1.70. The molecule has 1 aromatic heterocycles. The lowest BCUT2D eigenvalue weighted by atomic mass is 10.0. The lowest BCUT2D eigenvalue weighted by Gasteiger charge is -2.20. The van der Waals surface area contributed by atoms with Crippen molar-refractivity contribution in [1.82, 2.24) is 5.32 Å². The lowest BCUT2D eigenvalue weighted by molar-refractivity contribution is -0.123. The summed E-state index contributed by atoms with van der Waals surface area (Å²) in [5.41, 5.74) is 12.8. The fraction of sp³-hybridized carbons (Fsp3) is 0.200. The number of furan rings is 1. The SMILES string of the molecule is NC(=O)C[C@H](NC(=O)C(N)Cc1cc2ccccc2o1)c1ccc(Cl)cc1. The van der Waals surface area contributed by atoms with Crippen LogP contribution in [0.25, 0.3) is 11.0 Å². The standard InChI is InChI=1S/C20H20ClN3O3/c21-14-7-5-12(6-8-14)17(11-19(23)25)24-20(26)16(22)10-15-9-13-3-1-2-4-18(13)27-15/h1-9,16-17H,10-11,22H2,(H2,23,25)(H,24,26)/t16?,17-/m0/s1. The molecule has 2 amide bonds. The van der Waals surface area contributed by atoms with E-state index in [2.05, 4.69) is 5.32 Å². The second-order valence-corrected chi connectivity index (χ2v) is 6.78. The molecule has 1 unspecified atom stereocenters. The van der Waals surface area contributed by atoms with Crippen LogP contribution in [0, 0.1) is 0 Å². The molecule has 2 atom stereocenters. The van der Waals surface area contributed by atoms with Crippen molar-refractivity contribution in [1.29, 1.82) is 0 Å². The van der Waals surface area contributed by atoms with Gasteiger partial charge in [-0.15, -0.1) is 0 Å². The Hall–Kier alpha value is -2.83. The molecule has 140 valence electrons. The number of hydrogen-bond donors (Lipinski definition) is 3. The molecule has 3 rings (SSSR count). The van der Waals surface area contributed by atoms with Gasteiger partial charge in [-0.05, 0) is 29.8 Å². The van der Waals surface area contributed by atoms with E-state index in [0.29, 0.717) is 10.8 Å². The molecule has 0 fully saturated rings. The monoisotopic (exact) mass is 385 g/mol. The average molecular weight is 386 g/mol. The zero-order valence-corrected chi connectivity index (χ0v) is 15.3. The second kappa shape index (κ2) is 8.24. The maximum absolute atomic E-state index is 12.5. The van der Waals surface area contributed by atoms with Crippen molar-refractivity contribution in [2.24, 2.45) is 11.5 Å². The maximum Gasteiger partial charge on any atom is 0.237 e. The van der Waals surface area contributed by atoms with Crippen LogP contribution in [-0.2, 0) is 16.0 Å². The van der Waals surface area contributed by atoms with E-state index in [-0.39, 0.29) is 12.8 Å². The van der Waals surface area contributed by atoms with E-state index in [0.717, 1.165) is 16.5 Å². The number of carbonyl (C=O) groups excluding carboxylic acids is 2. The van der Waals surface area contributed by atoms with E-state index in [9.17, 15) is 9.59 Å². The molecule has 2 aromatic carbocycles. The van der Waals surface area contributed by atoms with Crippen molar-refractivity contribution in [3.05, 3.63) is 70.9 Å². The van der Waals surface area contributed by atoms with Crippen LogP contribution in [0.15, 0.2) is 59.0 Å². The van der Waals surface area contributed by atoms with E-state index in [1.54, 1.807) is 24.3 Å². The molecule has 0 saturated carbocycles. The largest absolute Gasteiger partial charge is 0.461 e. The van der Waals surface area contributed by atoms with Gasteiger partial charge in [0.2, 0.25) is 11.8 Å². The summed E-state index contributed by atoms with van der Waals surface area (Å²) in [6.07, 6.45) is 0.204. The van der Waals surface area contributed by atoms with Gasteiger partial charge in [0.25, 0.3) is 0 Å². The van der Waals surface area contributed by atoms with Crippen LogP contribution < -0.4 is 16.8 Å². The Morgan fingerprint density at radius 3 is 2.48 bits per heavy atom. The number of nitrogens with one attached hydrogen (secondary N) is 1. The van der Waals surface area contributed by atoms with Gasteiger partial charge in [-0.3, -0.25) is 9.59 Å². The van der Waals surface area contributed by atoms with Gasteiger partial charge in [-0.2, -0.15) is 0 Å². The number of fused-ring (bicyclic) bond motifs is 1. The summed E-state index contributed by atoms with van der Waals surface area (Å²) in [6.45, 7) is 0. The Morgan fingerprint density at radius 2 is 1.81 bits per heavy atom. The molecule has 0 radical (unpaired) electrons. The molecule has 27 heavy (non-hydrogen) atoms. The molecule has 0 aliphatic heterocycles. The van der Waals surface area contributed by atoms with E-state index >= 15 is 0 Å². The first-order chi connectivity index (χ1) is 12.9. The maximum atomic E-state index is 12.5. The number of carbonyl (C=O) groups is 2. The Labute approximate surface area is 161 Å². The molecular weight excluding hydrogens is 366 g/mol. The number of benzene rings is 2. The summed E-state index contributed by atoms with van der Waals surface area (Å²) >= 11 is 5.89. The fourth-order valence-electron chi connectivity index (χ4n) is 2.87. The van der Waals surface area contributed by atoms with E-state index < -0.39 is 23.9 Å². The molecule has 0 aliphatic carbocycles. The van der Waals surface area contributed by atoms with E-state index in [4.69, 9.17) is 27.5 Å². The minimum Gasteiger partial charge on any atom is -0.461 e. The number of rotatable bonds is 7. The van der Waals surface area contributed by atoms with Gasteiger partial charge in [0.05, 0.1) is 18.5 Å². The first kappa shape index (κ1) is 18.9. The molecule has 0 bridgehead atoms. The molecule has 1 heterocycles. The number of halogens is 1. The summed E-state index contributed by atoms with van der Waals surface area (Å²) in [7, 11) is 0. The summed E-state index contributed by atoms with van der Waals surface area (Å²) < 4.78 is 5.71. The van der Waals surface area contributed by atoms with E-state index in [1.807, 2.05) is 30.3 Å². The van der Waals surface area contributed by atoms with Gasteiger partial charge in [-0.1, -0.05) is 41.9 Å². The fourth-order valence-corrected chi connectivity index (χ4v) is 3.00. The van der Waals surface area contributed by atoms with Crippen LogP contribution in [0.3, 0.4) is 0 Å². The van der Waals surface area contributed by atoms with Crippen LogP contribution in [0.4, 0.5) is 0 Å². The Bertz CT molecular complexity index is 920. The topological polar surface area (TPSA) is 111 Å². The highest BCUT2D eigenvalue weighted by atomic mass is 35.5. The highest BCUT2D eigenvalue weighted by molar-refractivity contribution is 6.30. The summed E-state index contributed by atoms with van der Waals surface area (Å²) in [4.78, 5) is 23.9. The quantitative estimate of drug-likeness (QED) is 0.580. The highest BCUT2D eigenvalue weighted by Gasteiger charge is 2.22. The van der Waals surface area contributed by atoms with Crippen molar-refractivity contribution < 1.29 is 14.0 Å².